The minimum Gasteiger partial charge on any atom is -0.466 e. The Hall–Kier alpha value is -2.63. The average Bonchev–Trinajstić information content (AvgIpc) is 3.03. The molecule has 0 N–H and O–H groups in total. The summed E-state index contributed by atoms with van der Waals surface area (Å²) in [6.45, 7) is 4.93. The first kappa shape index (κ1) is 16.7. The number of esters is 2. The number of aromatic nitrogens is 2. The summed E-state index contributed by atoms with van der Waals surface area (Å²) in [7, 11) is 1.25. The van der Waals surface area contributed by atoms with Crippen molar-refractivity contribution in [1.29, 1.82) is 0 Å². The van der Waals surface area contributed by atoms with Crippen LogP contribution in [0, 0.1) is 0 Å². The predicted octanol–water partition coefficient (Wildman–Crippen LogP) is 2.60. The van der Waals surface area contributed by atoms with Gasteiger partial charge in [-0.3, -0.25) is 0 Å². The van der Waals surface area contributed by atoms with Crippen LogP contribution < -0.4 is 0 Å². The highest BCUT2D eigenvalue weighted by atomic mass is 16.6. The number of carbonyl (C=O) groups is 2. The molecule has 6 heteroatoms. The Bertz CT molecular complexity index is 692. The lowest BCUT2D eigenvalue weighted by Crippen LogP contribution is -2.38. The van der Waals surface area contributed by atoms with E-state index in [0.717, 1.165) is 5.56 Å². The van der Waals surface area contributed by atoms with E-state index in [0.29, 0.717) is 0 Å². The molecule has 1 aromatic carbocycles. The molecule has 0 saturated carbocycles. The Balaban J connectivity index is 2.24. The Morgan fingerprint density at radius 3 is 2.48 bits per heavy atom. The van der Waals surface area contributed by atoms with Crippen LogP contribution in [0.5, 0.6) is 0 Å². The third-order valence-corrected chi connectivity index (χ3v) is 3.60. The largest absolute Gasteiger partial charge is 0.466 e. The SMILES string of the molecule is COC(=O)C(C)(C)OC(=O)c1cncn1[C@H](C)c1ccccc1. The summed E-state index contributed by atoms with van der Waals surface area (Å²) in [5, 5.41) is 0. The molecular formula is C17H20N2O4. The third kappa shape index (κ3) is 3.59. The molecular weight excluding hydrogens is 296 g/mol. The number of methoxy groups -OCH3 is 1. The van der Waals surface area contributed by atoms with Crippen LogP contribution in [-0.2, 0) is 14.3 Å². The molecule has 0 aliphatic heterocycles. The van der Waals surface area contributed by atoms with E-state index in [9.17, 15) is 9.59 Å². The number of carbonyl (C=O) groups excluding carboxylic acids is 2. The summed E-state index contributed by atoms with van der Waals surface area (Å²) in [6.07, 6.45) is 2.99. The Morgan fingerprint density at radius 2 is 1.87 bits per heavy atom. The van der Waals surface area contributed by atoms with Crippen LogP contribution in [-0.4, -0.2) is 34.2 Å². The molecule has 1 atom stereocenters. The van der Waals surface area contributed by atoms with Gasteiger partial charge in [-0.25, -0.2) is 14.6 Å². The highest BCUT2D eigenvalue weighted by molar-refractivity contribution is 5.91. The molecule has 1 aromatic heterocycles. The zero-order chi connectivity index (χ0) is 17.0. The first-order valence-electron chi connectivity index (χ1n) is 7.25. The quantitative estimate of drug-likeness (QED) is 0.793. The van der Waals surface area contributed by atoms with Crippen LogP contribution in [0.3, 0.4) is 0 Å². The van der Waals surface area contributed by atoms with Crippen molar-refractivity contribution < 1.29 is 19.1 Å². The van der Waals surface area contributed by atoms with Gasteiger partial charge in [0.15, 0.2) is 0 Å². The van der Waals surface area contributed by atoms with Gasteiger partial charge < -0.3 is 14.0 Å². The molecule has 0 fully saturated rings. The summed E-state index contributed by atoms with van der Waals surface area (Å²) in [5.74, 6) is -1.24. The molecule has 0 unspecified atom stereocenters. The number of benzene rings is 1. The van der Waals surface area contributed by atoms with E-state index in [2.05, 4.69) is 9.72 Å². The van der Waals surface area contributed by atoms with E-state index < -0.39 is 17.5 Å². The van der Waals surface area contributed by atoms with E-state index in [1.54, 1.807) is 10.9 Å². The smallest absolute Gasteiger partial charge is 0.357 e. The van der Waals surface area contributed by atoms with Gasteiger partial charge in [0.2, 0.25) is 5.60 Å². The predicted molar refractivity (Wildman–Crippen MR) is 84.0 cm³/mol. The summed E-state index contributed by atoms with van der Waals surface area (Å²) in [5.41, 5.74) is -0.0539. The Kier molecular flexibility index (Phi) is 4.83. The number of rotatable bonds is 5. The molecule has 0 aliphatic rings. The van der Waals surface area contributed by atoms with Crippen molar-refractivity contribution in [2.45, 2.75) is 32.4 Å². The van der Waals surface area contributed by atoms with E-state index in [4.69, 9.17) is 4.74 Å². The maximum Gasteiger partial charge on any atom is 0.357 e. The van der Waals surface area contributed by atoms with Crippen molar-refractivity contribution >= 4 is 11.9 Å². The molecule has 2 aromatic rings. The molecule has 0 spiro atoms. The van der Waals surface area contributed by atoms with Gasteiger partial charge in [-0.05, 0) is 26.3 Å². The maximum absolute atomic E-state index is 12.4. The highest BCUT2D eigenvalue weighted by Gasteiger charge is 2.34. The number of nitrogens with zero attached hydrogens (tertiary/aromatic N) is 2. The van der Waals surface area contributed by atoms with Gasteiger partial charge in [-0.15, -0.1) is 0 Å². The average molecular weight is 316 g/mol. The topological polar surface area (TPSA) is 70.4 Å². The van der Waals surface area contributed by atoms with Gasteiger partial charge in [0.1, 0.15) is 5.69 Å². The van der Waals surface area contributed by atoms with E-state index in [1.807, 2.05) is 37.3 Å². The van der Waals surface area contributed by atoms with Gasteiger partial charge in [0.25, 0.3) is 0 Å². The number of hydrogen-bond donors (Lipinski definition) is 0. The van der Waals surface area contributed by atoms with Crippen molar-refractivity contribution in [3.63, 3.8) is 0 Å². The fourth-order valence-electron chi connectivity index (χ4n) is 2.24. The fourth-order valence-corrected chi connectivity index (χ4v) is 2.24. The standard InChI is InChI=1S/C17H20N2O4/c1-12(13-8-6-5-7-9-13)19-11-18-10-14(19)15(20)23-17(2,3)16(21)22-4/h5-12H,1-4H3/t12-/m1/s1. The summed E-state index contributed by atoms with van der Waals surface area (Å²) < 4.78 is 11.6. The van der Waals surface area contributed by atoms with Crippen LogP contribution in [0.2, 0.25) is 0 Å². The van der Waals surface area contributed by atoms with Crippen molar-refractivity contribution in [3.8, 4) is 0 Å². The zero-order valence-corrected chi connectivity index (χ0v) is 13.6. The molecule has 23 heavy (non-hydrogen) atoms. The lowest BCUT2D eigenvalue weighted by molar-refractivity contribution is -0.159. The molecule has 0 amide bonds. The van der Waals surface area contributed by atoms with Crippen molar-refractivity contribution in [3.05, 3.63) is 54.1 Å². The minimum atomic E-state index is -1.36. The second kappa shape index (κ2) is 6.64. The van der Waals surface area contributed by atoms with Gasteiger partial charge in [0, 0.05) is 0 Å². The summed E-state index contributed by atoms with van der Waals surface area (Å²) in [6, 6.07) is 9.64. The maximum atomic E-state index is 12.4. The Labute approximate surface area is 135 Å². The lowest BCUT2D eigenvalue weighted by Gasteiger charge is -2.23. The van der Waals surface area contributed by atoms with Crippen LogP contribution in [0.4, 0.5) is 0 Å². The van der Waals surface area contributed by atoms with Gasteiger partial charge in [-0.2, -0.15) is 0 Å². The minimum absolute atomic E-state index is 0.0949. The number of ether oxygens (including phenoxy) is 2. The van der Waals surface area contributed by atoms with Gasteiger partial charge >= 0.3 is 11.9 Å². The van der Waals surface area contributed by atoms with Crippen molar-refractivity contribution in [1.82, 2.24) is 9.55 Å². The van der Waals surface area contributed by atoms with Crippen LogP contribution in [0.1, 0.15) is 42.9 Å². The fraction of sp³-hybridized carbons (Fsp3) is 0.353. The van der Waals surface area contributed by atoms with E-state index in [1.165, 1.54) is 27.2 Å². The summed E-state index contributed by atoms with van der Waals surface area (Å²) >= 11 is 0. The second-order valence-electron chi connectivity index (χ2n) is 5.66. The first-order chi connectivity index (χ1) is 10.9. The van der Waals surface area contributed by atoms with E-state index >= 15 is 0 Å². The summed E-state index contributed by atoms with van der Waals surface area (Å²) in [4.78, 5) is 28.1. The molecule has 0 radical (unpaired) electrons. The second-order valence-corrected chi connectivity index (χ2v) is 5.66. The van der Waals surface area contributed by atoms with Crippen LogP contribution >= 0.6 is 0 Å². The van der Waals surface area contributed by atoms with Gasteiger partial charge in [-0.1, -0.05) is 30.3 Å². The van der Waals surface area contributed by atoms with Gasteiger partial charge in [0.05, 0.1) is 25.7 Å². The normalized spacial score (nSPS) is 12.5. The van der Waals surface area contributed by atoms with Crippen molar-refractivity contribution in [2.75, 3.05) is 7.11 Å². The molecule has 6 nitrogen and oxygen atoms in total. The van der Waals surface area contributed by atoms with Crippen molar-refractivity contribution in [2.24, 2.45) is 0 Å². The van der Waals surface area contributed by atoms with E-state index in [-0.39, 0.29) is 11.7 Å². The molecule has 2 rings (SSSR count). The first-order valence-corrected chi connectivity index (χ1v) is 7.25. The molecule has 0 saturated heterocycles. The molecule has 0 bridgehead atoms. The molecule has 0 aliphatic carbocycles. The zero-order valence-electron chi connectivity index (χ0n) is 13.6. The van der Waals surface area contributed by atoms with Crippen LogP contribution in [0.15, 0.2) is 42.9 Å². The highest BCUT2D eigenvalue weighted by Crippen LogP contribution is 2.21. The third-order valence-electron chi connectivity index (χ3n) is 3.60. The molecule has 1 heterocycles. The lowest BCUT2D eigenvalue weighted by atomic mass is 10.1. The molecule has 122 valence electrons. The monoisotopic (exact) mass is 316 g/mol. The number of imidazole rings is 1. The number of hydrogen-bond acceptors (Lipinski definition) is 5. The van der Waals surface area contributed by atoms with Crippen LogP contribution in [0.25, 0.3) is 0 Å². The Morgan fingerprint density at radius 1 is 1.22 bits per heavy atom.